The molecule has 1 heterocycles. The van der Waals surface area contributed by atoms with Crippen LogP contribution in [0.25, 0.3) is 0 Å². The number of aryl methyl sites for hydroxylation is 1. The Labute approximate surface area is 123 Å². The van der Waals surface area contributed by atoms with E-state index in [1.165, 1.54) is 12.8 Å². The van der Waals surface area contributed by atoms with Gasteiger partial charge in [-0.05, 0) is 42.3 Å². The summed E-state index contributed by atoms with van der Waals surface area (Å²) in [5.41, 5.74) is 1.73. The third-order valence-electron chi connectivity index (χ3n) is 3.92. The Morgan fingerprint density at radius 2 is 2.19 bits per heavy atom. The fourth-order valence-corrected chi connectivity index (χ4v) is 2.81. The zero-order valence-electron chi connectivity index (χ0n) is 12.1. The summed E-state index contributed by atoms with van der Waals surface area (Å²) in [7, 11) is 0. The fourth-order valence-electron chi connectivity index (χ4n) is 2.81. The minimum Gasteiger partial charge on any atom is -0.345 e. The van der Waals surface area contributed by atoms with Crippen LogP contribution in [0.15, 0.2) is 24.3 Å². The van der Waals surface area contributed by atoms with Gasteiger partial charge in [0.15, 0.2) is 5.82 Å². The quantitative estimate of drug-likeness (QED) is 0.933. The average Bonchev–Trinajstić information content (AvgIpc) is 3.15. The number of aromatic nitrogens is 4. The van der Waals surface area contributed by atoms with E-state index in [0.29, 0.717) is 18.2 Å². The third-order valence-corrected chi connectivity index (χ3v) is 3.92. The molecule has 0 bridgehead atoms. The SMILES string of the molecule is Cc1cccc(C(=O)NCc2nnnn2C2CCCC2)c1. The molecule has 1 fully saturated rings. The molecular weight excluding hydrogens is 266 g/mol. The first kappa shape index (κ1) is 13.7. The molecule has 0 spiro atoms. The number of nitrogens with zero attached hydrogens (tertiary/aromatic N) is 4. The van der Waals surface area contributed by atoms with Crippen LogP contribution in [-0.2, 0) is 6.54 Å². The van der Waals surface area contributed by atoms with Gasteiger partial charge in [0.25, 0.3) is 5.91 Å². The van der Waals surface area contributed by atoms with Crippen LogP contribution in [0.3, 0.4) is 0 Å². The second kappa shape index (κ2) is 6.03. The summed E-state index contributed by atoms with van der Waals surface area (Å²) in [5, 5.41) is 14.7. The van der Waals surface area contributed by atoms with Crippen molar-refractivity contribution in [1.82, 2.24) is 25.5 Å². The highest BCUT2D eigenvalue weighted by Gasteiger charge is 2.21. The van der Waals surface area contributed by atoms with Crippen LogP contribution < -0.4 is 5.32 Å². The van der Waals surface area contributed by atoms with Crippen molar-refractivity contribution in [2.45, 2.75) is 45.2 Å². The highest BCUT2D eigenvalue weighted by molar-refractivity contribution is 5.94. The number of tetrazole rings is 1. The molecule has 2 aromatic rings. The van der Waals surface area contributed by atoms with Crippen LogP contribution in [0.5, 0.6) is 0 Å². The molecule has 0 atom stereocenters. The van der Waals surface area contributed by atoms with Crippen molar-refractivity contribution >= 4 is 5.91 Å². The maximum absolute atomic E-state index is 12.1. The standard InChI is InChI=1S/C15H19N5O/c1-11-5-4-6-12(9-11)15(21)16-10-14-17-18-19-20(14)13-7-2-3-8-13/h4-6,9,13H,2-3,7-8,10H2,1H3,(H,16,21). The van der Waals surface area contributed by atoms with Gasteiger partial charge in [0.1, 0.15) is 0 Å². The van der Waals surface area contributed by atoms with Crippen molar-refractivity contribution < 1.29 is 4.79 Å². The molecule has 6 nitrogen and oxygen atoms in total. The molecule has 1 aliphatic carbocycles. The van der Waals surface area contributed by atoms with Gasteiger partial charge in [-0.25, -0.2) is 4.68 Å². The van der Waals surface area contributed by atoms with Gasteiger partial charge in [-0.1, -0.05) is 30.5 Å². The number of hydrogen-bond donors (Lipinski definition) is 1. The zero-order chi connectivity index (χ0) is 14.7. The predicted octanol–water partition coefficient (Wildman–Crippen LogP) is 2.03. The van der Waals surface area contributed by atoms with E-state index in [1.807, 2.05) is 35.9 Å². The van der Waals surface area contributed by atoms with Gasteiger partial charge >= 0.3 is 0 Å². The summed E-state index contributed by atoms with van der Waals surface area (Å²) in [6.07, 6.45) is 4.67. The zero-order valence-corrected chi connectivity index (χ0v) is 12.1. The van der Waals surface area contributed by atoms with E-state index in [1.54, 1.807) is 0 Å². The van der Waals surface area contributed by atoms with Crippen molar-refractivity contribution in [1.29, 1.82) is 0 Å². The van der Waals surface area contributed by atoms with Crippen molar-refractivity contribution in [3.63, 3.8) is 0 Å². The van der Waals surface area contributed by atoms with Crippen LogP contribution in [-0.4, -0.2) is 26.1 Å². The van der Waals surface area contributed by atoms with Crippen LogP contribution in [0.2, 0.25) is 0 Å². The molecule has 6 heteroatoms. The van der Waals surface area contributed by atoms with Crippen LogP contribution >= 0.6 is 0 Å². The third kappa shape index (κ3) is 3.09. The van der Waals surface area contributed by atoms with Gasteiger partial charge in [-0.3, -0.25) is 4.79 Å². The minimum atomic E-state index is -0.0975. The van der Waals surface area contributed by atoms with Crippen molar-refractivity contribution in [2.24, 2.45) is 0 Å². The maximum atomic E-state index is 12.1. The van der Waals surface area contributed by atoms with Gasteiger partial charge in [0, 0.05) is 5.56 Å². The van der Waals surface area contributed by atoms with Gasteiger partial charge in [0.2, 0.25) is 0 Å². The Bertz CT molecular complexity index is 630. The number of rotatable bonds is 4. The second-order valence-corrected chi connectivity index (χ2v) is 5.53. The number of carbonyl (C=O) groups excluding carboxylic acids is 1. The van der Waals surface area contributed by atoms with Gasteiger partial charge in [-0.2, -0.15) is 0 Å². The van der Waals surface area contributed by atoms with Crippen LogP contribution in [0.1, 0.15) is 53.5 Å². The maximum Gasteiger partial charge on any atom is 0.251 e. The molecule has 1 aromatic heterocycles. The molecule has 1 amide bonds. The molecule has 110 valence electrons. The first-order chi connectivity index (χ1) is 10.2. The van der Waals surface area contributed by atoms with E-state index in [-0.39, 0.29) is 5.91 Å². The van der Waals surface area contributed by atoms with Gasteiger partial charge in [-0.15, -0.1) is 5.10 Å². The molecule has 21 heavy (non-hydrogen) atoms. The number of amides is 1. The van der Waals surface area contributed by atoms with Crippen LogP contribution in [0.4, 0.5) is 0 Å². The molecule has 0 radical (unpaired) electrons. The second-order valence-electron chi connectivity index (χ2n) is 5.53. The number of benzene rings is 1. The Morgan fingerprint density at radius 1 is 1.38 bits per heavy atom. The molecule has 1 aliphatic rings. The topological polar surface area (TPSA) is 72.7 Å². The highest BCUT2D eigenvalue weighted by atomic mass is 16.1. The Kier molecular flexibility index (Phi) is 3.94. The molecule has 1 aromatic carbocycles. The van der Waals surface area contributed by atoms with Gasteiger partial charge < -0.3 is 5.32 Å². The number of hydrogen-bond acceptors (Lipinski definition) is 4. The lowest BCUT2D eigenvalue weighted by Crippen LogP contribution is -2.25. The van der Waals surface area contributed by atoms with Crippen molar-refractivity contribution in [2.75, 3.05) is 0 Å². The highest BCUT2D eigenvalue weighted by Crippen LogP contribution is 2.28. The monoisotopic (exact) mass is 285 g/mol. The van der Waals surface area contributed by atoms with Gasteiger partial charge in [0.05, 0.1) is 12.6 Å². The molecular formula is C15H19N5O. The molecule has 3 rings (SSSR count). The van der Waals surface area contributed by atoms with Crippen LogP contribution in [0, 0.1) is 6.92 Å². The Balaban J connectivity index is 1.65. The molecule has 0 aliphatic heterocycles. The predicted molar refractivity (Wildman–Crippen MR) is 77.7 cm³/mol. The number of nitrogens with one attached hydrogen (secondary N) is 1. The molecule has 0 unspecified atom stereocenters. The summed E-state index contributed by atoms with van der Waals surface area (Å²) in [4.78, 5) is 12.1. The summed E-state index contributed by atoms with van der Waals surface area (Å²) in [6, 6.07) is 7.91. The first-order valence-corrected chi connectivity index (χ1v) is 7.35. The number of carbonyl (C=O) groups is 1. The summed E-state index contributed by atoms with van der Waals surface area (Å²) in [6.45, 7) is 2.33. The van der Waals surface area contributed by atoms with E-state index < -0.39 is 0 Å². The normalized spacial score (nSPS) is 15.3. The van der Waals surface area contributed by atoms with E-state index in [2.05, 4.69) is 20.8 Å². The summed E-state index contributed by atoms with van der Waals surface area (Å²) >= 11 is 0. The van der Waals surface area contributed by atoms with E-state index in [0.717, 1.165) is 24.2 Å². The molecule has 0 saturated heterocycles. The van der Waals surface area contributed by atoms with E-state index >= 15 is 0 Å². The average molecular weight is 285 g/mol. The minimum absolute atomic E-state index is 0.0975. The van der Waals surface area contributed by atoms with Crippen molar-refractivity contribution in [3.8, 4) is 0 Å². The van der Waals surface area contributed by atoms with E-state index in [4.69, 9.17) is 0 Å². The molecule has 1 N–H and O–H groups in total. The summed E-state index contributed by atoms with van der Waals surface area (Å²) < 4.78 is 1.86. The first-order valence-electron chi connectivity index (χ1n) is 7.35. The van der Waals surface area contributed by atoms with E-state index in [9.17, 15) is 4.79 Å². The largest absolute Gasteiger partial charge is 0.345 e. The summed E-state index contributed by atoms with van der Waals surface area (Å²) in [5.74, 6) is 0.627. The lowest BCUT2D eigenvalue weighted by Gasteiger charge is -2.11. The fraction of sp³-hybridized carbons (Fsp3) is 0.467. The van der Waals surface area contributed by atoms with Crippen molar-refractivity contribution in [3.05, 3.63) is 41.2 Å². The Hall–Kier alpha value is -2.24. The lowest BCUT2D eigenvalue weighted by atomic mass is 10.1. The lowest BCUT2D eigenvalue weighted by molar-refractivity contribution is 0.0949. The Morgan fingerprint density at radius 3 is 2.95 bits per heavy atom. The smallest absolute Gasteiger partial charge is 0.251 e. The molecule has 1 saturated carbocycles.